The quantitative estimate of drug-likeness (QED) is 0.499. The Morgan fingerprint density at radius 2 is 1.82 bits per heavy atom. The monoisotopic (exact) mass is 462 g/mol. The predicted octanol–water partition coefficient (Wildman–Crippen LogP) is 5.51. The number of carbonyl (C=O) groups is 1. The Labute approximate surface area is 187 Å². The third kappa shape index (κ3) is 6.21. The molecule has 1 amide bonds. The smallest absolute Gasteiger partial charge is 0.423 e. The van der Waals surface area contributed by atoms with E-state index in [1.54, 1.807) is 0 Å². The predicted molar refractivity (Wildman–Crippen MR) is 110 cm³/mol. The van der Waals surface area contributed by atoms with Gasteiger partial charge in [0.2, 0.25) is 12.3 Å². The van der Waals surface area contributed by atoms with Crippen molar-refractivity contribution in [2.45, 2.75) is 50.9 Å². The highest BCUT2D eigenvalue weighted by Gasteiger charge is 2.32. The lowest BCUT2D eigenvalue weighted by atomic mass is 10.0. The number of hydrogen-bond donors (Lipinski definition) is 1. The van der Waals surface area contributed by atoms with Crippen molar-refractivity contribution < 1.29 is 31.9 Å². The molecule has 33 heavy (non-hydrogen) atoms. The number of amides is 1. The van der Waals surface area contributed by atoms with E-state index >= 15 is 0 Å². The highest BCUT2D eigenvalue weighted by Crippen LogP contribution is 2.37. The van der Waals surface area contributed by atoms with Gasteiger partial charge in [-0.1, -0.05) is 25.7 Å². The average Bonchev–Trinajstić information content (AvgIpc) is 3.19. The van der Waals surface area contributed by atoms with Gasteiger partial charge in [-0.05, 0) is 37.1 Å². The zero-order chi connectivity index (χ0) is 23.3. The minimum absolute atomic E-state index is 0.0163. The molecule has 0 bridgehead atoms. The van der Waals surface area contributed by atoms with Crippen LogP contribution in [0.3, 0.4) is 0 Å². The Morgan fingerprint density at radius 1 is 1.06 bits per heavy atom. The van der Waals surface area contributed by atoms with E-state index < -0.39 is 18.2 Å². The fraction of sp³-hybridized carbons (Fsp3) is 0.364. The Kier molecular flexibility index (Phi) is 6.76. The third-order valence-corrected chi connectivity index (χ3v) is 5.22. The van der Waals surface area contributed by atoms with Crippen LogP contribution in [-0.2, 0) is 0 Å². The highest BCUT2D eigenvalue weighted by atomic mass is 19.4. The molecular formula is C22H21F3N4O4. The van der Waals surface area contributed by atoms with Crippen molar-refractivity contribution in [2.24, 2.45) is 0 Å². The van der Waals surface area contributed by atoms with Gasteiger partial charge in [-0.3, -0.25) is 4.98 Å². The molecule has 8 nitrogen and oxygen atoms in total. The maximum absolute atomic E-state index is 13.0. The molecule has 0 aliphatic heterocycles. The zero-order valence-electron chi connectivity index (χ0n) is 17.5. The summed E-state index contributed by atoms with van der Waals surface area (Å²) in [6.07, 6.45) is 4.41. The molecular weight excluding hydrogens is 441 g/mol. The third-order valence-electron chi connectivity index (χ3n) is 5.22. The first-order valence-electron chi connectivity index (χ1n) is 10.5. The van der Waals surface area contributed by atoms with Crippen molar-refractivity contribution in [3.8, 4) is 34.1 Å². The number of aromatic nitrogens is 3. The molecule has 1 aliphatic rings. The molecule has 0 atom stereocenters. The molecule has 0 radical (unpaired) electrons. The van der Waals surface area contributed by atoms with Gasteiger partial charge in [-0.2, -0.15) is 0 Å². The van der Waals surface area contributed by atoms with Gasteiger partial charge in [-0.15, -0.1) is 23.4 Å². The summed E-state index contributed by atoms with van der Waals surface area (Å²) in [6, 6.07) is 5.17. The number of pyridine rings is 1. The molecule has 0 saturated heterocycles. The first-order chi connectivity index (χ1) is 15.9. The Balaban J connectivity index is 1.60. The molecule has 1 N–H and O–H groups in total. The van der Waals surface area contributed by atoms with Crippen molar-refractivity contribution in [1.82, 2.24) is 20.5 Å². The van der Waals surface area contributed by atoms with Crippen LogP contribution in [-0.4, -0.2) is 33.7 Å². The number of carbonyl (C=O) groups excluding carboxylic acids is 1. The van der Waals surface area contributed by atoms with Gasteiger partial charge in [0.15, 0.2) is 0 Å². The lowest BCUT2D eigenvalue weighted by molar-refractivity contribution is -0.274. The van der Waals surface area contributed by atoms with Crippen LogP contribution in [0.1, 0.15) is 38.5 Å². The van der Waals surface area contributed by atoms with Gasteiger partial charge in [0, 0.05) is 29.6 Å². The van der Waals surface area contributed by atoms with Gasteiger partial charge in [0.05, 0.1) is 5.56 Å². The second-order valence-corrected chi connectivity index (χ2v) is 7.63. The van der Waals surface area contributed by atoms with E-state index in [-0.39, 0.29) is 28.8 Å². The van der Waals surface area contributed by atoms with Gasteiger partial charge in [0.1, 0.15) is 11.5 Å². The fourth-order valence-corrected chi connectivity index (χ4v) is 3.74. The van der Waals surface area contributed by atoms with Crippen LogP contribution >= 0.6 is 0 Å². The molecule has 0 spiro atoms. The summed E-state index contributed by atoms with van der Waals surface area (Å²) >= 11 is 0. The number of alkyl halides is 3. The molecule has 1 fully saturated rings. The number of halogens is 3. The molecule has 0 unspecified atom stereocenters. The van der Waals surface area contributed by atoms with Crippen LogP contribution in [0, 0.1) is 0 Å². The number of hydrogen-bond acceptors (Lipinski definition) is 7. The van der Waals surface area contributed by atoms with Crippen molar-refractivity contribution in [3.05, 3.63) is 43.1 Å². The molecule has 11 heteroatoms. The lowest BCUT2D eigenvalue weighted by Crippen LogP contribution is -2.36. The molecule has 3 aromatic rings. The van der Waals surface area contributed by atoms with Crippen LogP contribution in [0.2, 0.25) is 0 Å². The summed E-state index contributed by atoms with van der Waals surface area (Å²) in [5.41, 5.74) is 0.709. The maximum atomic E-state index is 13.0. The largest absolute Gasteiger partial charge is 0.573 e. The SMILES string of the molecule is O=C(NC1CCCCCC1)Oc1ccc(OC(F)(F)F)c(-c2cncc(-c3nnco3)c2)c1. The van der Waals surface area contributed by atoms with Crippen LogP contribution in [0.5, 0.6) is 11.5 Å². The van der Waals surface area contributed by atoms with Gasteiger partial charge in [-0.25, -0.2) is 4.79 Å². The summed E-state index contributed by atoms with van der Waals surface area (Å²) in [4.78, 5) is 16.4. The summed E-state index contributed by atoms with van der Waals surface area (Å²) in [6.45, 7) is 0. The molecule has 1 aliphatic carbocycles. The molecule has 2 aromatic heterocycles. The van der Waals surface area contributed by atoms with Crippen LogP contribution in [0.25, 0.3) is 22.6 Å². The van der Waals surface area contributed by atoms with E-state index in [2.05, 4.69) is 25.2 Å². The number of nitrogens with zero attached hydrogens (tertiary/aromatic N) is 3. The lowest BCUT2D eigenvalue weighted by Gasteiger charge is -2.17. The van der Waals surface area contributed by atoms with Crippen molar-refractivity contribution in [1.29, 1.82) is 0 Å². The number of rotatable bonds is 5. The van der Waals surface area contributed by atoms with E-state index in [9.17, 15) is 18.0 Å². The van der Waals surface area contributed by atoms with Gasteiger partial charge >= 0.3 is 12.5 Å². The summed E-state index contributed by atoms with van der Waals surface area (Å²) in [5, 5.41) is 10.2. The fourth-order valence-electron chi connectivity index (χ4n) is 3.74. The summed E-state index contributed by atoms with van der Waals surface area (Å²) in [7, 11) is 0. The minimum atomic E-state index is -4.91. The van der Waals surface area contributed by atoms with Crippen molar-refractivity contribution >= 4 is 6.09 Å². The Bertz CT molecular complexity index is 1080. The average molecular weight is 462 g/mol. The minimum Gasteiger partial charge on any atom is -0.423 e. The first-order valence-corrected chi connectivity index (χ1v) is 10.5. The maximum Gasteiger partial charge on any atom is 0.573 e. The van der Waals surface area contributed by atoms with Gasteiger partial charge < -0.3 is 19.2 Å². The van der Waals surface area contributed by atoms with Crippen LogP contribution in [0.15, 0.2) is 47.5 Å². The van der Waals surface area contributed by atoms with E-state index in [0.717, 1.165) is 51.0 Å². The second-order valence-electron chi connectivity index (χ2n) is 7.63. The molecule has 1 saturated carbocycles. The highest BCUT2D eigenvalue weighted by molar-refractivity contribution is 5.76. The number of benzene rings is 1. The molecule has 4 rings (SSSR count). The van der Waals surface area contributed by atoms with Gasteiger partial charge in [0.25, 0.3) is 0 Å². The first kappa shape index (κ1) is 22.6. The van der Waals surface area contributed by atoms with E-state index in [4.69, 9.17) is 9.15 Å². The van der Waals surface area contributed by atoms with Crippen molar-refractivity contribution in [3.63, 3.8) is 0 Å². The Morgan fingerprint density at radius 3 is 2.52 bits per heavy atom. The molecule has 2 heterocycles. The summed E-state index contributed by atoms with van der Waals surface area (Å²) in [5.74, 6) is -0.254. The molecule has 174 valence electrons. The topological polar surface area (TPSA) is 99.4 Å². The zero-order valence-corrected chi connectivity index (χ0v) is 17.5. The summed E-state index contributed by atoms with van der Waals surface area (Å²) < 4.78 is 53.6. The second kappa shape index (κ2) is 9.88. The van der Waals surface area contributed by atoms with E-state index in [1.807, 2.05) is 0 Å². The molecule has 1 aromatic carbocycles. The van der Waals surface area contributed by atoms with Crippen LogP contribution < -0.4 is 14.8 Å². The van der Waals surface area contributed by atoms with Crippen LogP contribution in [0.4, 0.5) is 18.0 Å². The van der Waals surface area contributed by atoms with Crippen molar-refractivity contribution in [2.75, 3.05) is 0 Å². The Hall–Kier alpha value is -3.63. The standard InChI is InChI=1S/C22H21F3N4O4/c23-22(24,25)33-19-8-7-17(32-21(30)28-16-5-3-1-2-4-6-16)10-18(19)14-9-15(12-26-11-14)20-29-27-13-31-20/h7-13,16H,1-6H2,(H,28,30). The number of nitrogens with one attached hydrogen (secondary N) is 1. The van der Waals surface area contributed by atoms with E-state index in [1.165, 1.54) is 30.6 Å². The van der Waals surface area contributed by atoms with E-state index in [0.29, 0.717) is 5.56 Å². The normalized spacial score (nSPS) is 15.0. The number of ether oxygens (including phenoxy) is 2.